The lowest BCUT2D eigenvalue weighted by Gasteiger charge is -2.04. The van der Waals surface area contributed by atoms with Gasteiger partial charge in [0.25, 0.3) is 0 Å². The number of aliphatic hydroxyl groups excluding tert-OH is 1. The summed E-state index contributed by atoms with van der Waals surface area (Å²) in [4.78, 5) is 0. The molecule has 0 aliphatic carbocycles. The molecule has 12 heavy (non-hydrogen) atoms. The van der Waals surface area contributed by atoms with E-state index in [0.717, 1.165) is 6.07 Å². The monoisotopic (exact) mass is 184 g/mol. The number of hydrogen-bond donors (Lipinski definition) is 1. The van der Waals surface area contributed by atoms with E-state index in [4.69, 9.17) is 23.1 Å². The fourth-order valence-electron chi connectivity index (χ4n) is 0.813. The molecule has 0 aromatic heterocycles. The topological polar surface area (TPSA) is 20.2 Å². The van der Waals surface area contributed by atoms with Crippen molar-refractivity contribution in [1.82, 2.24) is 0 Å². The molecule has 62 valence electrons. The highest BCUT2D eigenvalue weighted by Crippen LogP contribution is 2.19. The molecule has 0 amide bonds. The molecule has 1 atom stereocenters. The molecule has 0 heterocycles. The summed E-state index contributed by atoms with van der Waals surface area (Å²) in [5.41, 5.74) is 0.0712. The first-order valence-corrected chi connectivity index (χ1v) is 3.62. The van der Waals surface area contributed by atoms with Gasteiger partial charge in [-0.05, 0) is 12.1 Å². The summed E-state index contributed by atoms with van der Waals surface area (Å²) in [5, 5.41) is 9.36. The van der Waals surface area contributed by atoms with Gasteiger partial charge in [0.2, 0.25) is 0 Å². The van der Waals surface area contributed by atoms with E-state index < -0.39 is 11.9 Å². The maximum atomic E-state index is 12.9. The van der Waals surface area contributed by atoms with Gasteiger partial charge in [-0.25, -0.2) is 4.39 Å². The van der Waals surface area contributed by atoms with Gasteiger partial charge in [-0.1, -0.05) is 23.6 Å². The quantitative estimate of drug-likeness (QED) is 0.663. The summed E-state index contributed by atoms with van der Waals surface area (Å²) in [6, 6.07) is 3.94. The van der Waals surface area contributed by atoms with Crippen molar-refractivity contribution < 1.29 is 9.50 Å². The molecule has 0 spiro atoms. The van der Waals surface area contributed by atoms with Gasteiger partial charge in [0.15, 0.2) is 0 Å². The Balaban J connectivity index is 3.11. The molecular formula is C9H6ClFO. The second-order valence-corrected chi connectivity index (χ2v) is 2.67. The Labute approximate surface area is 74.8 Å². The zero-order valence-corrected chi connectivity index (χ0v) is 6.85. The number of rotatable bonds is 1. The molecule has 0 bridgehead atoms. The summed E-state index contributed by atoms with van der Waals surface area (Å²) < 4.78 is 12.9. The molecular weight excluding hydrogens is 179 g/mol. The number of hydrogen-bond acceptors (Lipinski definition) is 1. The van der Waals surface area contributed by atoms with Crippen LogP contribution in [0.1, 0.15) is 11.7 Å². The summed E-state index contributed by atoms with van der Waals surface area (Å²) >= 11 is 5.49. The zero-order valence-electron chi connectivity index (χ0n) is 6.09. The Kier molecular flexibility index (Phi) is 2.69. The van der Waals surface area contributed by atoms with Gasteiger partial charge >= 0.3 is 0 Å². The van der Waals surface area contributed by atoms with Crippen molar-refractivity contribution in [3.63, 3.8) is 0 Å². The van der Waals surface area contributed by atoms with Gasteiger partial charge in [-0.3, -0.25) is 0 Å². The molecule has 1 aromatic carbocycles. The molecule has 0 aliphatic rings. The highest BCUT2D eigenvalue weighted by molar-refractivity contribution is 6.30. The molecule has 0 saturated carbocycles. The molecule has 0 aliphatic heterocycles. The predicted molar refractivity (Wildman–Crippen MR) is 45.2 cm³/mol. The summed E-state index contributed by atoms with van der Waals surface area (Å²) in [5.74, 6) is 1.42. The van der Waals surface area contributed by atoms with Crippen LogP contribution in [0.5, 0.6) is 0 Å². The molecule has 0 radical (unpaired) electrons. The smallest absolute Gasteiger partial charge is 0.142 e. The Hall–Kier alpha value is -1.04. The third-order valence-corrected chi connectivity index (χ3v) is 1.65. The average molecular weight is 185 g/mol. The Morgan fingerprint density at radius 2 is 2.25 bits per heavy atom. The van der Waals surface area contributed by atoms with Crippen molar-refractivity contribution in [1.29, 1.82) is 0 Å². The van der Waals surface area contributed by atoms with E-state index in [-0.39, 0.29) is 10.6 Å². The SMILES string of the molecule is C#C[C@H](O)c1ccc(Cl)cc1F. The molecule has 0 fully saturated rings. The third-order valence-electron chi connectivity index (χ3n) is 1.41. The first-order chi connectivity index (χ1) is 5.65. The fraction of sp³-hybridized carbons (Fsp3) is 0.111. The first-order valence-electron chi connectivity index (χ1n) is 3.24. The van der Waals surface area contributed by atoms with Crippen molar-refractivity contribution in [2.45, 2.75) is 6.10 Å². The molecule has 0 unspecified atom stereocenters. The van der Waals surface area contributed by atoms with E-state index >= 15 is 0 Å². The molecule has 1 N–H and O–H groups in total. The lowest BCUT2D eigenvalue weighted by molar-refractivity contribution is 0.233. The lowest BCUT2D eigenvalue weighted by atomic mass is 10.1. The standard InChI is InChI=1S/C9H6ClFO/c1-2-9(12)7-4-3-6(10)5-8(7)11/h1,3-5,9,12H/t9-/m0/s1. The summed E-state index contributed by atoms with van der Waals surface area (Å²) in [6.45, 7) is 0. The van der Waals surface area contributed by atoms with Gasteiger partial charge in [0.05, 0.1) is 0 Å². The average Bonchev–Trinajstić information content (AvgIpc) is 2.03. The maximum absolute atomic E-state index is 12.9. The van der Waals surface area contributed by atoms with E-state index in [0.29, 0.717) is 0 Å². The minimum Gasteiger partial charge on any atom is -0.376 e. The largest absolute Gasteiger partial charge is 0.376 e. The minimum atomic E-state index is -1.21. The van der Waals surface area contributed by atoms with Crippen LogP contribution < -0.4 is 0 Å². The fourth-order valence-corrected chi connectivity index (χ4v) is 0.972. The van der Waals surface area contributed by atoms with E-state index in [1.54, 1.807) is 0 Å². The molecule has 1 aromatic rings. The number of halogens is 2. The van der Waals surface area contributed by atoms with E-state index in [2.05, 4.69) is 0 Å². The maximum Gasteiger partial charge on any atom is 0.142 e. The molecule has 0 saturated heterocycles. The van der Waals surface area contributed by atoms with Crippen molar-refractivity contribution in [2.24, 2.45) is 0 Å². The second kappa shape index (κ2) is 3.57. The second-order valence-electron chi connectivity index (χ2n) is 2.24. The highest BCUT2D eigenvalue weighted by atomic mass is 35.5. The van der Waals surface area contributed by atoms with E-state index in [1.807, 2.05) is 5.92 Å². The van der Waals surface area contributed by atoms with Crippen molar-refractivity contribution in [3.05, 3.63) is 34.6 Å². The van der Waals surface area contributed by atoms with Crippen molar-refractivity contribution >= 4 is 11.6 Å². The van der Waals surface area contributed by atoms with Gasteiger partial charge in [0.1, 0.15) is 11.9 Å². The first kappa shape index (κ1) is 9.05. The zero-order chi connectivity index (χ0) is 9.14. The number of benzene rings is 1. The van der Waals surface area contributed by atoms with Crippen LogP contribution in [-0.4, -0.2) is 5.11 Å². The van der Waals surface area contributed by atoms with Crippen molar-refractivity contribution in [3.8, 4) is 12.3 Å². The van der Waals surface area contributed by atoms with Crippen LogP contribution >= 0.6 is 11.6 Å². The van der Waals surface area contributed by atoms with Crippen molar-refractivity contribution in [2.75, 3.05) is 0 Å². The normalized spacial score (nSPS) is 12.2. The Morgan fingerprint density at radius 3 is 2.75 bits per heavy atom. The summed E-state index contributed by atoms with van der Waals surface area (Å²) in [7, 11) is 0. The molecule has 1 nitrogen and oxygen atoms in total. The predicted octanol–water partition coefficient (Wildman–Crippen LogP) is 2.15. The highest BCUT2D eigenvalue weighted by Gasteiger charge is 2.09. The third kappa shape index (κ3) is 1.76. The molecule has 1 rings (SSSR count). The minimum absolute atomic E-state index is 0.0712. The Morgan fingerprint density at radius 1 is 1.58 bits per heavy atom. The van der Waals surface area contributed by atoms with Crippen LogP contribution in [0.2, 0.25) is 5.02 Å². The van der Waals surface area contributed by atoms with Gasteiger partial charge < -0.3 is 5.11 Å². The van der Waals surface area contributed by atoms with Crippen LogP contribution in [-0.2, 0) is 0 Å². The van der Waals surface area contributed by atoms with E-state index in [9.17, 15) is 4.39 Å². The van der Waals surface area contributed by atoms with Gasteiger partial charge in [-0.15, -0.1) is 6.42 Å². The van der Waals surface area contributed by atoms with E-state index in [1.165, 1.54) is 12.1 Å². The van der Waals surface area contributed by atoms with Gasteiger partial charge in [0, 0.05) is 10.6 Å². The summed E-state index contributed by atoms with van der Waals surface area (Å²) in [6.07, 6.45) is 3.71. The molecule has 3 heteroatoms. The van der Waals surface area contributed by atoms with Crippen LogP contribution in [0.3, 0.4) is 0 Å². The van der Waals surface area contributed by atoms with Gasteiger partial charge in [-0.2, -0.15) is 0 Å². The number of aliphatic hydroxyl groups is 1. The van der Waals surface area contributed by atoms with Crippen LogP contribution in [0, 0.1) is 18.2 Å². The van der Waals surface area contributed by atoms with Crippen LogP contribution in [0.15, 0.2) is 18.2 Å². The Bertz CT molecular complexity index is 330. The number of terminal acetylenes is 1. The van der Waals surface area contributed by atoms with Crippen LogP contribution in [0.4, 0.5) is 4.39 Å². The lowest BCUT2D eigenvalue weighted by Crippen LogP contribution is -1.96. The van der Waals surface area contributed by atoms with Crippen LogP contribution in [0.25, 0.3) is 0 Å².